The van der Waals surface area contributed by atoms with Crippen molar-refractivity contribution in [3.8, 4) is 0 Å². The molecule has 0 saturated heterocycles. The standard InChI is InChI=1S/C14H13ClFNS/c1-9(17)10-6-7-14(12(16)8-10)18-13-5-3-2-4-11(13)15/h2-9H,17H2,1H3/t9-/m1/s1. The molecule has 4 heteroatoms. The number of hydrogen-bond acceptors (Lipinski definition) is 2. The Balaban J connectivity index is 2.28. The van der Waals surface area contributed by atoms with Crippen LogP contribution in [0.15, 0.2) is 52.3 Å². The minimum atomic E-state index is -0.269. The van der Waals surface area contributed by atoms with E-state index in [4.69, 9.17) is 17.3 Å². The van der Waals surface area contributed by atoms with Crippen LogP contribution in [0.2, 0.25) is 5.02 Å². The monoisotopic (exact) mass is 281 g/mol. The summed E-state index contributed by atoms with van der Waals surface area (Å²) < 4.78 is 13.9. The lowest BCUT2D eigenvalue weighted by Crippen LogP contribution is -2.05. The van der Waals surface area contributed by atoms with Gasteiger partial charge in [-0.2, -0.15) is 0 Å². The van der Waals surface area contributed by atoms with Gasteiger partial charge in [0.15, 0.2) is 0 Å². The van der Waals surface area contributed by atoms with E-state index in [2.05, 4.69) is 0 Å². The van der Waals surface area contributed by atoms with Crippen molar-refractivity contribution in [2.75, 3.05) is 0 Å². The van der Waals surface area contributed by atoms with Crippen molar-refractivity contribution in [1.29, 1.82) is 0 Å². The van der Waals surface area contributed by atoms with Gasteiger partial charge >= 0.3 is 0 Å². The van der Waals surface area contributed by atoms with Crippen LogP contribution in [-0.4, -0.2) is 0 Å². The summed E-state index contributed by atoms with van der Waals surface area (Å²) >= 11 is 7.36. The summed E-state index contributed by atoms with van der Waals surface area (Å²) in [6.07, 6.45) is 0. The summed E-state index contributed by atoms with van der Waals surface area (Å²) in [5.41, 5.74) is 6.50. The smallest absolute Gasteiger partial charge is 0.137 e. The first-order valence-corrected chi connectivity index (χ1v) is 6.75. The average molecular weight is 282 g/mol. The predicted molar refractivity (Wildman–Crippen MR) is 74.6 cm³/mol. The quantitative estimate of drug-likeness (QED) is 0.886. The molecule has 0 aliphatic rings. The fourth-order valence-corrected chi connectivity index (χ4v) is 2.62. The van der Waals surface area contributed by atoms with E-state index in [1.54, 1.807) is 12.1 Å². The van der Waals surface area contributed by atoms with E-state index in [0.717, 1.165) is 10.5 Å². The molecule has 0 amide bonds. The molecule has 2 rings (SSSR count). The summed E-state index contributed by atoms with van der Waals surface area (Å²) in [7, 11) is 0. The van der Waals surface area contributed by atoms with Gasteiger partial charge in [-0.3, -0.25) is 0 Å². The molecule has 0 heterocycles. The zero-order chi connectivity index (χ0) is 13.1. The van der Waals surface area contributed by atoms with Crippen LogP contribution in [0, 0.1) is 5.82 Å². The molecule has 0 aromatic heterocycles. The Kier molecular flexibility index (Phi) is 4.27. The van der Waals surface area contributed by atoms with Gasteiger partial charge in [-0.05, 0) is 36.8 Å². The molecular weight excluding hydrogens is 269 g/mol. The van der Waals surface area contributed by atoms with Crippen LogP contribution in [0.5, 0.6) is 0 Å². The van der Waals surface area contributed by atoms with E-state index in [-0.39, 0.29) is 11.9 Å². The lowest BCUT2D eigenvalue weighted by Gasteiger charge is -2.09. The second kappa shape index (κ2) is 5.74. The van der Waals surface area contributed by atoms with Crippen LogP contribution in [-0.2, 0) is 0 Å². The first kappa shape index (κ1) is 13.4. The minimum Gasteiger partial charge on any atom is -0.324 e. The van der Waals surface area contributed by atoms with Gasteiger partial charge in [-0.25, -0.2) is 4.39 Å². The van der Waals surface area contributed by atoms with Crippen molar-refractivity contribution in [3.63, 3.8) is 0 Å². The van der Waals surface area contributed by atoms with Crippen LogP contribution in [0.4, 0.5) is 4.39 Å². The van der Waals surface area contributed by atoms with Crippen molar-refractivity contribution in [3.05, 3.63) is 58.9 Å². The van der Waals surface area contributed by atoms with Gasteiger partial charge in [-0.1, -0.05) is 41.6 Å². The molecule has 0 aliphatic heterocycles. The molecule has 0 bridgehead atoms. The van der Waals surface area contributed by atoms with Crippen LogP contribution in [0.3, 0.4) is 0 Å². The third-order valence-electron chi connectivity index (χ3n) is 2.54. The second-order valence-electron chi connectivity index (χ2n) is 4.01. The van der Waals surface area contributed by atoms with Crippen molar-refractivity contribution in [2.45, 2.75) is 22.8 Å². The maximum atomic E-state index is 13.9. The van der Waals surface area contributed by atoms with E-state index in [0.29, 0.717) is 9.92 Å². The van der Waals surface area contributed by atoms with Gasteiger partial charge in [0.2, 0.25) is 0 Å². The van der Waals surface area contributed by atoms with Crippen molar-refractivity contribution < 1.29 is 4.39 Å². The fraction of sp³-hybridized carbons (Fsp3) is 0.143. The van der Waals surface area contributed by atoms with Crippen LogP contribution < -0.4 is 5.73 Å². The fourth-order valence-electron chi connectivity index (χ4n) is 1.53. The lowest BCUT2D eigenvalue weighted by atomic mass is 10.1. The van der Waals surface area contributed by atoms with Crippen molar-refractivity contribution in [1.82, 2.24) is 0 Å². The van der Waals surface area contributed by atoms with E-state index >= 15 is 0 Å². The highest BCUT2D eigenvalue weighted by Gasteiger charge is 2.09. The molecule has 0 spiro atoms. The van der Waals surface area contributed by atoms with E-state index in [1.165, 1.54) is 17.8 Å². The van der Waals surface area contributed by atoms with Gasteiger partial charge in [0.05, 0.1) is 5.02 Å². The molecule has 0 aliphatic carbocycles. The number of hydrogen-bond donors (Lipinski definition) is 1. The van der Waals surface area contributed by atoms with Crippen LogP contribution in [0.25, 0.3) is 0 Å². The molecule has 0 unspecified atom stereocenters. The molecule has 0 saturated carbocycles. The van der Waals surface area contributed by atoms with E-state index < -0.39 is 0 Å². The number of benzene rings is 2. The Labute approximate surface area is 115 Å². The normalized spacial score (nSPS) is 12.4. The third kappa shape index (κ3) is 3.05. The molecule has 2 N–H and O–H groups in total. The Morgan fingerprint density at radius 2 is 1.89 bits per heavy atom. The van der Waals surface area contributed by atoms with E-state index in [1.807, 2.05) is 31.2 Å². The van der Waals surface area contributed by atoms with Gasteiger partial charge < -0.3 is 5.73 Å². The highest BCUT2D eigenvalue weighted by Crippen LogP contribution is 2.35. The van der Waals surface area contributed by atoms with Gasteiger partial charge in [-0.15, -0.1) is 0 Å². The minimum absolute atomic E-state index is 0.168. The summed E-state index contributed by atoms with van der Waals surface area (Å²) in [5, 5.41) is 0.623. The SMILES string of the molecule is C[C@@H](N)c1ccc(Sc2ccccc2Cl)c(F)c1. The van der Waals surface area contributed by atoms with E-state index in [9.17, 15) is 4.39 Å². The molecule has 2 aromatic rings. The van der Waals surface area contributed by atoms with Crippen LogP contribution in [0.1, 0.15) is 18.5 Å². The number of nitrogens with two attached hydrogens (primary N) is 1. The maximum Gasteiger partial charge on any atom is 0.137 e. The Hall–Kier alpha value is -1.03. The highest BCUT2D eigenvalue weighted by atomic mass is 35.5. The molecule has 18 heavy (non-hydrogen) atoms. The molecule has 0 fully saturated rings. The molecule has 1 atom stereocenters. The number of halogens is 2. The van der Waals surface area contributed by atoms with Gasteiger partial charge in [0, 0.05) is 15.8 Å². The Bertz CT molecular complexity index is 557. The Morgan fingerprint density at radius 1 is 1.17 bits per heavy atom. The third-order valence-corrected chi connectivity index (χ3v) is 4.11. The molecular formula is C14H13ClFNS. The predicted octanol–water partition coefficient (Wildman–Crippen LogP) is 4.65. The summed E-state index contributed by atoms with van der Waals surface area (Å²) in [4.78, 5) is 1.39. The topological polar surface area (TPSA) is 26.0 Å². The first-order valence-electron chi connectivity index (χ1n) is 5.55. The molecule has 0 radical (unpaired) electrons. The first-order chi connectivity index (χ1) is 8.58. The zero-order valence-corrected chi connectivity index (χ0v) is 11.4. The summed E-state index contributed by atoms with van der Waals surface area (Å²) in [5.74, 6) is -0.269. The van der Waals surface area contributed by atoms with Crippen molar-refractivity contribution in [2.24, 2.45) is 5.73 Å². The summed E-state index contributed by atoms with van der Waals surface area (Å²) in [6, 6.07) is 12.3. The Morgan fingerprint density at radius 3 is 2.50 bits per heavy atom. The van der Waals surface area contributed by atoms with Crippen LogP contribution >= 0.6 is 23.4 Å². The molecule has 1 nitrogen and oxygen atoms in total. The largest absolute Gasteiger partial charge is 0.324 e. The van der Waals surface area contributed by atoms with Gasteiger partial charge in [0.1, 0.15) is 5.82 Å². The van der Waals surface area contributed by atoms with Crippen molar-refractivity contribution >= 4 is 23.4 Å². The summed E-state index contributed by atoms with van der Waals surface area (Å²) in [6.45, 7) is 1.83. The average Bonchev–Trinajstić information content (AvgIpc) is 2.34. The van der Waals surface area contributed by atoms with Gasteiger partial charge in [0.25, 0.3) is 0 Å². The lowest BCUT2D eigenvalue weighted by molar-refractivity contribution is 0.596. The molecule has 94 valence electrons. The zero-order valence-electron chi connectivity index (χ0n) is 9.86. The highest BCUT2D eigenvalue weighted by molar-refractivity contribution is 7.99. The number of rotatable bonds is 3. The molecule has 2 aromatic carbocycles. The second-order valence-corrected chi connectivity index (χ2v) is 5.50. The maximum absolute atomic E-state index is 13.9.